The molecule has 0 aliphatic heterocycles. The molecule has 0 saturated heterocycles. The van der Waals surface area contributed by atoms with Crippen molar-refractivity contribution >= 4 is 10.8 Å². The highest BCUT2D eigenvalue weighted by Crippen LogP contribution is 2.32. The lowest BCUT2D eigenvalue weighted by Gasteiger charge is -2.07. The first-order chi connectivity index (χ1) is 5.72. The zero-order chi connectivity index (χ0) is 8.97. The fourth-order valence-electron chi connectivity index (χ4n) is 1.14. The summed E-state index contributed by atoms with van der Waals surface area (Å²) in [5.41, 5.74) is 5.70. The molecule has 3 heteroatoms. The monoisotopic (exact) mass is 189 g/mol. The van der Waals surface area contributed by atoms with Gasteiger partial charge in [-0.25, -0.2) is 0 Å². The van der Waals surface area contributed by atoms with E-state index in [4.69, 9.17) is 5.73 Å². The summed E-state index contributed by atoms with van der Waals surface area (Å²) in [6.07, 6.45) is 4.81. The van der Waals surface area contributed by atoms with Crippen LogP contribution in [0, 0.1) is 5.92 Å². The van der Waals surface area contributed by atoms with Crippen LogP contribution in [-0.2, 0) is 10.8 Å². The van der Waals surface area contributed by atoms with E-state index in [0.717, 1.165) is 24.5 Å². The molecule has 1 rings (SSSR count). The van der Waals surface area contributed by atoms with Crippen LogP contribution in [0.15, 0.2) is 0 Å². The largest absolute Gasteiger partial charge is 0.327 e. The zero-order valence-electron chi connectivity index (χ0n) is 7.79. The predicted molar refractivity (Wildman–Crippen MR) is 53.5 cm³/mol. The van der Waals surface area contributed by atoms with Crippen LogP contribution in [0.2, 0.25) is 0 Å². The molecule has 0 heterocycles. The van der Waals surface area contributed by atoms with Gasteiger partial charge < -0.3 is 5.73 Å². The minimum Gasteiger partial charge on any atom is -0.327 e. The molecule has 0 aromatic carbocycles. The summed E-state index contributed by atoms with van der Waals surface area (Å²) in [5.74, 6) is 2.47. The molecule has 72 valence electrons. The van der Waals surface area contributed by atoms with E-state index in [1.54, 1.807) is 0 Å². The molecule has 12 heavy (non-hydrogen) atoms. The van der Waals surface area contributed by atoms with Gasteiger partial charge in [0.05, 0.1) is 0 Å². The zero-order valence-corrected chi connectivity index (χ0v) is 8.61. The Labute approximate surface area is 77.4 Å². The van der Waals surface area contributed by atoms with E-state index in [0.29, 0.717) is 5.75 Å². The highest BCUT2D eigenvalue weighted by molar-refractivity contribution is 7.85. The van der Waals surface area contributed by atoms with Crippen LogP contribution in [0.5, 0.6) is 0 Å². The lowest BCUT2D eigenvalue weighted by atomic mass is 10.3. The van der Waals surface area contributed by atoms with Crippen LogP contribution >= 0.6 is 0 Å². The number of nitrogens with two attached hydrogens (primary N) is 1. The molecule has 2 nitrogen and oxygen atoms in total. The Morgan fingerprint density at radius 3 is 2.75 bits per heavy atom. The Morgan fingerprint density at radius 2 is 2.25 bits per heavy atom. The fraction of sp³-hybridized carbons (Fsp3) is 1.00. The van der Waals surface area contributed by atoms with E-state index in [2.05, 4.69) is 0 Å². The van der Waals surface area contributed by atoms with Gasteiger partial charge in [0.25, 0.3) is 0 Å². The highest BCUT2D eigenvalue weighted by atomic mass is 32.2. The smallest absolute Gasteiger partial charge is 0.0386 e. The summed E-state index contributed by atoms with van der Waals surface area (Å²) in [6.45, 7) is 2.04. The van der Waals surface area contributed by atoms with Crippen molar-refractivity contribution in [2.75, 3.05) is 11.5 Å². The van der Waals surface area contributed by atoms with E-state index in [-0.39, 0.29) is 6.04 Å². The van der Waals surface area contributed by atoms with Crippen molar-refractivity contribution < 1.29 is 4.21 Å². The topological polar surface area (TPSA) is 43.1 Å². The van der Waals surface area contributed by atoms with Gasteiger partial charge in [-0.1, -0.05) is 19.8 Å². The molecular weight excluding hydrogens is 170 g/mol. The van der Waals surface area contributed by atoms with E-state index in [9.17, 15) is 4.21 Å². The Kier molecular flexibility index (Phi) is 4.22. The molecule has 0 aromatic heterocycles. The van der Waals surface area contributed by atoms with Crippen molar-refractivity contribution in [1.29, 1.82) is 0 Å². The van der Waals surface area contributed by atoms with Gasteiger partial charge >= 0.3 is 0 Å². The Bertz CT molecular complexity index is 157. The molecule has 1 fully saturated rings. The third kappa shape index (κ3) is 4.21. The molecular formula is C9H19NOS. The molecule has 1 aliphatic carbocycles. The molecule has 0 spiro atoms. The number of hydrogen-bond acceptors (Lipinski definition) is 2. The minimum absolute atomic E-state index is 0.144. The van der Waals surface area contributed by atoms with Gasteiger partial charge in [-0.3, -0.25) is 4.21 Å². The maximum Gasteiger partial charge on any atom is 0.0386 e. The lowest BCUT2D eigenvalue weighted by molar-refractivity contribution is 0.657. The molecule has 0 radical (unpaired) electrons. The Balaban J connectivity index is 2.01. The molecule has 1 saturated carbocycles. The summed E-state index contributed by atoms with van der Waals surface area (Å²) in [7, 11) is -0.656. The predicted octanol–water partition coefficient (Wildman–Crippen LogP) is 1.27. The molecule has 0 bridgehead atoms. The van der Waals surface area contributed by atoms with Crippen molar-refractivity contribution in [3.8, 4) is 0 Å². The summed E-state index contributed by atoms with van der Waals surface area (Å²) < 4.78 is 11.4. The van der Waals surface area contributed by atoms with Gasteiger partial charge in [-0.2, -0.15) is 0 Å². The third-order valence-electron chi connectivity index (χ3n) is 2.38. The molecule has 2 atom stereocenters. The van der Waals surface area contributed by atoms with E-state index >= 15 is 0 Å². The van der Waals surface area contributed by atoms with Gasteiger partial charge in [0.2, 0.25) is 0 Å². The van der Waals surface area contributed by atoms with Crippen molar-refractivity contribution in [2.24, 2.45) is 11.7 Å². The first kappa shape index (κ1) is 10.2. The second kappa shape index (κ2) is 4.97. The van der Waals surface area contributed by atoms with Crippen LogP contribution in [-0.4, -0.2) is 21.8 Å². The van der Waals surface area contributed by atoms with E-state index < -0.39 is 10.8 Å². The van der Waals surface area contributed by atoms with Gasteiger partial charge in [0.15, 0.2) is 0 Å². The first-order valence-electron chi connectivity index (χ1n) is 4.83. The van der Waals surface area contributed by atoms with Crippen molar-refractivity contribution in [1.82, 2.24) is 0 Å². The lowest BCUT2D eigenvalue weighted by Crippen LogP contribution is -2.27. The number of rotatable bonds is 6. The first-order valence-corrected chi connectivity index (χ1v) is 6.31. The van der Waals surface area contributed by atoms with Crippen LogP contribution in [0.1, 0.15) is 32.6 Å². The minimum atomic E-state index is -0.656. The van der Waals surface area contributed by atoms with Crippen LogP contribution < -0.4 is 5.73 Å². The van der Waals surface area contributed by atoms with Crippen LogP contribution in [0.25, 0.3) is 0 Å². The van der Waals surface area contributed by atoms with Gasteiger partial charge in [-0.15, -0.1) is 0 Å². The normalized spacial score (nSPS) is 22.2. The molecule has 2 unspecified atom stereocenters. The molecule has 2 N–H and O–H groups in total. The molecule has 0 amide bonds. The van der Waals surface area contributed by atoms with Gasteiger partial charge in [-0.05, 0) is 18.8 Å². The maximum absolute atomic E-state index is 11.4. The quantitative estimate of drug-likeness (QED) is 0.684. The van der Waals surface area contributed by atoms with Crippen LogP contribution in [0.3, 0.4) is 0 Å². The summed E-state index contributed by atoms with van der Waals surface area (Å²) >= 11 is 0. The summed E-state index contributed by atoms with van der Waals surface area (Å²) in [6, 6.07) is 0.144. The summed E-state index contributed by atoms with van der Waals surface area (Å²) in [4.78, 5) is 0. The highest BCUT2D eigenvalue weighted by Gasteiger charge is 2.21. The van der Waals surface area contributed by atoms with Gasteiger partial charge in [0, 0.05) is 28.3 Å². The van der Waals surface area contributed by atoms with E-state index in [1.165, 1.54) is 12.8 Å². The van der Waals surface area contributed by atoms with Crippen LogP contribution in [0.4, 0.5) is 0 Å². The summed E-state index contributed by atoms with van der Waals surface area (Å²) in [5, 5.41) is 0. The van der Waals surface area contributed by atoms with Gasteiger partial charge in [0.1, 0.15) is 0 Å². The second-order valence-electron chi connectivity index (χ2n) is 3.71. The SMILES string of the molecule is CCC(N)CS(=O)CCC1CC1. The average Bonchev–Trinajstić information content (AvgIpc) is 2.83. The van der Waals surface area contributed by atoms with Crippen molar-refractivity contribution in [2.45, 2.75) is 38.6 Å². The van der Waals surface area contributed by atoms with E-state index in [1.807, 2.05) is 6.92 Å². The molecule has 1 aliphatic rings. The third-order valence-corrected chi connectivity index (χ3v) is 3.87. The second-order valence-corrected chi connectivity index (χ2v) is 5.33. The van der Waals surface area contributed by atoms with Crippen molar-refractivity contribution in [3.63, 3.8) is 0 Å². The van der Waals surface area contributed by atoms with Crippen molar-refractivity contribution in [3.05, 3.63) is 0 Å². The Hall–Kier alpha value is 0.110. The fourth-order valence-corrected chi connectivity index (χ4v) is 2.62. The standard InChI is InChI=1S/C9H19NOS/c1-2-9(10)7-12(11)6-5-8-3-4-8/h8-9H,2-7,10H2,1H3. The molecule has 0 aromatic rings. The maximum atomic E-state index is 11.4. The average molecular weight is 189 g/mol. The number of hydrogen-bond donors (Lipinski definition) is 1. The Morgan fingerprint density at radius 1 is 1.58 bits per heavy atom.